The average Bonchev–Trinajstić information content (AvgIpc) is 3.07. The number of fused-ring (bicyclic) bond motifs is 6. The number of alkyl halides is 1. The van der Waals surface area contributed by atoms with E-state index in [9.17, 15) is 0 Å². The standard InChI is InChI=1S/C22H18IN/c1-22(2,23)24-20-10-6-5-9-17(20)19-13-18-15(12-21(19)24)11-14-7-3-4-8-16(14)18/h3-11,13H,12H2,1-2H3. The van der Waals surface area contributed by atoms with Gasteiger partial charge in [-0.05, 0) is 48.3 Å². The third-order valence-corrected chi connectivity index (χ3v) is 5.60. The maximum absolute atomic E-state index is 2.56. The second-order valence-corrected chi connectivity index (χ2v) is 9.75. The van der Waals surface area contributed by atoms with Crippen LogP contribution in [-0.2, 0) is 9.97 Å². The minimum absolute atomic E-state index is 0.0440. The van der Waals surface area contributed by atoms with Gasteiger partial charge in [0.1, 0.15) is 0 Å². The molecule has 2 aliphatic carbocycles. The van der Waals surface area contributed by atoms with Crippen molar-refractivity contribution >= 4 is 51.2 Å². The third-order valence-electron chi connectivity index (χ3n) is 5.12. The zero-order valence-corrected chi connectivity index (χ0v) is 16.0. The van der Waals surface area contributed by atoms with E-state index in [2.05, 4.69) is 102 Å². The molecule has 0 amide bonds. The molecule has 0 saturated carbocycles. The van der Waals surface area contributed by atoms with E-state index in [1.807, 2.05) is 0 Å². The molecule has 0 spiro atoms. The number of aromatic nitrogens is 1. The van der Waals surface area contributed by atoms with Gasteiger partial charge in [-0.1, -0.05) is 71.1 Å². The first kappa shape index (κ1) is 14.5. The van der Waals surface area contributed by atoms with Crippen LogP contribution in [0.1, 0.15) is 36.2 Å². The predicted octanol–water partition coefficient (Wildman–Crippen LogP) is 6.26. The van der Waals surface area contributed by atoms with Crippen LogP contribution < -0.4 is 0 Å². The fraction of sp³-hybridized carbons (Fsp3) is 0.182. The summed E-state index contributed by atoms with van der Waals surface area (Å²) in [6.07, 6.45) is 5.79. The monoisotopic (exact) mass is 423 g/mol. The molecule has 2 heteroatoms. The van der Waals surface area contributed by atoms with Crippen molar-refractivity contribution in [2.75, 3.05) is 0 Å². The molecular formula is C22H18IN. The average molecular weight is 423 g/mol. The minimum Gasteiger partial charge on any atom is -0.329 e. The summed E-state index contributed by atoms with van der Waals surface area (Å²) in [6, 6.07) is 17.6. The van der Waals surface area contributed by atoms with Crippen molar-refractivity contribution in [3.05, 3.63) is 76.5 Å². The highest BCUT2D eigenvalue weighted by atomic mass is 127. The van der Waals surface area contributed by atoms with Crippen molar-refractivity contribution in [2.45, 2.75) is 23.8 Å². The Morgan fingerprint density at radius 3 is 2.54 bits per heavy atom. The van der Waals surface area contributed by atoms with Crippen molar-refractivity contribution in [1.82, 2.24) is 4.57 Å². The molecule has 0 atom stereocenters. The summed E-state index contributed by atoms with van der Waals surface area (Å²) >= 11 is 2.56. The molecule has 1 nitrogen and oxygen atoms in total. The molecule has 0 fully saturated rings. The number of nitrogens with zero attached hydrogens (tertiary/aromatic N) is 1. The lowest BCUT2D eigenvalue weighted by molar-refractivity contribution is 0.570. The van der Waals surface area contributed by atoms with E-state index in [-0.39, 0.29) is 3.55 Å². The Balaban J connectivity index is 1.85. The van der Waals surface area contributed by atoms with Crippen molar-refractivity contribution in [3.63, 3.8) is 0 Å². The van der Waals surface area contributed by atoms with Crippen LogP contribution >= 0.6 is 22.6 Å². The summed E-state index contributed by atoms with van der Waals surface area (Å²) in [4.78, 5) is 0. The second kappa shape index (κ2) is 4.85. The number of allylic oxidation sites excluding steroid dienone is 2. The van der Waals surface area contributed by atoms with Gasteiger partial charge in [-0.25, -0.2) is 0 Å². The third kappa shape index (κ3) is 1.92. The van der Waals surface area contributed by atoms with Crippen molar-refractivity contribution in [3.8, 4) is 0 Å². The number of halogens is 1. The Bertz CT molecular complexity index is 1060. The van der Waals surface area contributed by atoms with Gasteiger partial charge in [-0.15, -0.1) is 0 Å². The lowest BCUT2D eigenvalue weighted by atomic mass is 9.90. The highest BCUT2D eigenvalue weighted by Crippen LogP contribution is 2.46. The van der Waals surface area contributed by atoms with E-state index in [0.717, 1.165) is 6.42 Å². The van der Waals surface area contributed by atoms with E-state index in [1.54, 1.807) is 0 Å². The topological polar surface area (TPSA) is 4.93 Å². The van der Waals surface area contributed by atoms with Gasteiger partial charge in [0.2, 0.25) is 0 Å². The molecule has 1 heterocycles. The molecule has 0 radical (unpaired) electrons. The molecule has 0 bridgehead atoms. The molecule has 1 aromatic heterocycles. The summed E-state index contributed by atoms with van der Waals surface area (Å²) < 4.78 is 2.57. The molecule has 2 aliphatic rings. The number of hydrogen-bond donors (Lipinski definition) is 0. The minimum atomic E-state index is 0.0440. The van der Waals surface area contributed by atoms with Gasteiger partial charge in [-0.2, -0.15) is 0 Å². The van der Waals surface area contributed by atoms with Crippen molar-refractivity contribution in [1.29, 1.82) is 0 Å². The maximum atomic E-state index is 2.56. The maximum Gasteiger partial charge on any atom is 0.0907 e. The van der Waals surface area contributed by atoms with Crippen LogP contribution in [-0.4, -0.2) is 4.57 Å². The fourth-order valence-electron chi connectivity index (χ4n) is 4.21. The Hall–Kier alpha value is -1.81. The van der Waals surface area contributed by atoms with Crippen LogP contribution in [0.25, 0.3) is 28.6 Å². The Morgan fingerprint density at radius 2 is 1.71 bits per heavy atom. The molecule has 0 aliphatic heterocycles. The smallest absolute Gasteiger partial charge is 0.0907 e. The van der Waals surface area contributed by atoms with Gasteiger partial charge in [0.15, 0.2) is 0 Å². The van der Waals surface area contributed by atoms with Crippen molar-refractivity contribution in [2.24, 2.45) is 0 Å². The van der Waals surface area contributed by atoms with Gasteiger partial charge in [0, 0.05) is 28.6 Å². The van der Waals surface area contributed by atoms with E-state index in [1.165, 1.54) is 44.4 Å². The lowest BCUT2D eigenvalue weighted by Gasteiger charge is -2.26. The SMILES string of the molecule is CC(C)(I)n1c2c(c3ccccc31)C=C1C(=Cc3ccccc31)C2. The molecule has 0 unspecified atom stereocenters. The molecule has 5 rings (SSSR count). The second-order valence-electron chi connectivity index (χ2n) is 7.11. The quantitative estimate of drug-likeness (QED) is 0.322. The number of rotatable bonds is 1. The van der Waals surface area contributed by atoms with Gasteiger partial charge >= 0.3 is 0 Å². The number of para-hydroxylation sites is 1. The summed E-state index contributed by atoms with van der Waals surface area (Å²) in [7, 11) is 0. The van der Waals surface area contributed by atoms with Crippen LogP contribution in [0.3, 0.4) is 0 Å². The zero-order valence-electron chi connectivity index (χ0n) is 13.8. The van der Waals surface area contributed by atoms with Crippen LogP contribution in [0.15, 0.2) is 54.1 Å². The first-order valence-corrected chi connectivity index (χ1v) is 9.46. The van der Waals surface area contributed by atoms with E-state index >= 15 is 0 Å². The van der Waals surface area contributed by atoms with Gasteiger partial charge in [0.25, 0.3) is 0 Å². The first-order valence-electron chi connectivity index (χ1n) is 8.38. The van der Waals surface area contributed by atoms with E-state index < -0.39 is 0 Å². The lowest BCUT2D eigenvalue weighted by Crippen LogP contribution is -2.21. The van der Waals surface area contributed by atoms with E-state index in [0.29, 0.717) is 0 Å². The Kier molecular flexibility index (Phi) is 2.94. The van der Waals surface area contributed by atoms with Crippen LogP contribution in [0, 0.1) is 0 Å². The van der Waals surface area contributed by atoms with Gasteiger partial charge < -0.3 is 4.57 Å². The van der Waals surface area contributed by atoms with Crippen molar-refractivity contribution < 1.29 is 0 Å². The molecule has 118 valence electrons. The summed E-state index contributed by atoms with van der Waals surface area (Å²) in [5, 5.41) is 1.37. The summed E-state index contributed by atoms with van der Waals surface area (Å²) in [5.41, 5.74) is 9.78. The normalized spacial score (nSPS) is 15.6. The highest BCUT2D eigenvalue weighted by Gasteiger charge is 2.30. The number of benzene rings is 2. The first-order chi connectivity index (χ1) is 11.5. The summed E-state index contributed by atoms with van der Waals surface area (Å²) in [5.74, 6) is 0. The zero-order chi connectivity index (χ0) is 16.5. The molecule has 3 aromatic rings. The molecule has 0 saturated heterocycles. The van der Waals surface area contributed by atoms with E-state index in [4.69, 9.17) is 0 Å². The molecule has 0 N–H and O–H groups in total. The van der Waals surface area contributed by atoms with Gasteiger partial charge in [0.05, 0.1) is 3.55 Å². The molecule has 2 aromatic carbocycles. The molecular weight excluding hydrogens is 405 g/mol. The Labute approximate surface area is 155 Å². The predicted molar refractivity (Wildman–Crippen MR) is 111 cm³/mol. The fourth-order valence-corrected chi connectivity index (χ4v) is 4.76. The number of hydrogen-bond acceptors (Lipinski definition) is 0. The summed E-state index contributed by atoms with van der Waals surface area (Å²) in [6.45, 7) is 4.58. The highest BCUT2D eigenvalue weighted by molar-refractivity contribution is 14.1. The largest absolute Gasteiger partial charge is 0.329 e. The van der Waals surface area contributed by atoms with Crippen LogP contribution in [0.5, 0.6) is 0 Å². The van der Waals surface area contributed by atoms with Gasteiger partial charge in [-0.3, -0.25) is 0 Å². The van der Waals surface area contributed by atoms with Crippen LogP contribution in [0.2, 0.25) is 0 Å². The Morgan fingerprint density at radius 1 is 0.958 bits per heavy atom. The molecule has 24 heavy (non-hydrogen) atoms. The van der Waals surface area contributed by atoms with Crippen LogP contribution in [0.4, 0.5) is 0 Å².